The van der Waals surface area contributed by atoms with Gasteiger partial charge < -0.3 is 10.5 Å². The lowest BCUT2D eigenvalue weighted by molar-refractivity contribution is -0.274. The molecule has 0 amide bonds. The number of hydrogen-bond acceptors (Lipinski definition) is 5. The molecule has 0 saturated heterocycles. The Hall–Kier alpha value is -1.50. The second kappa shape index (κ2) is 5.24. The first kappa shape index (κ1) is 15.6. The largest absolute Gasteiger partial charge is 0.573 e. The van der Waals surface area contributed by atoms with E-state index < -0.39 is 31.6 Å². The Morgan fingerprint density at radius 3 is 2.37 bits per heavy atom. The van der Waals surface area contributed by atoms with Gasteiger partial charge in [-0.25, -0.2) is 8.42 Å². The molecule has 104 valence electrons. The van der Waals surface area contributed by atoms with Gasteiger partial charge in [0.25, 0.3) is 9.05 Å². The van der Waals surface area contributed by atoms with E-state index >= 15 is 0 Å². The van der Waals surface area contributed by atoms with Gasteiger partial charge in [-0.3, -0.25) is 0 Å². The monoisotopic (exact) mass is 314 g/mol. The van der Waals surface area contributed by atoms with E-state index in [0.717, 1.165) is 6.07 Å². The Morgan fingerprint density at radius 1 is 1.42 bits per heavy atom. The summed E-state index contributed by atoms with van der Waals surface area (Å²) in [6.07, 6.45) is -5.08. The molecule has 1 aromatic carbocycles. The first-order chi connectivity index (χ1) is 8.58. The summed E-state index contributed by atoms with van der Waals surface area (Å²) >= 11 is 0. The lowest BCUT2D eigenvalue weighted by Gasteiger charge is -2.13. The van der Waals surface area contributed by atoms with Crippen molar-refractivity contribution in [2.24, 2.45) is 5.73 Å². The summed E-state index contributed by atoms with van der Waals surface area (Å²) < 4.78 is 62.4. The molecule has 0 aliphatic rings. The van der Waals surface area contributed by atoms with Gasteiger partial charge in [0.1, 0.15) is 11.8 Å². The summed E-state index contributed by atoms with van der Waals surface area (Å²) in [6.45, 7) is -0.350. The number of nitrogens with zero attached hydrogens (tertiary/aromatic N) is 1. The molecule has 0 aliphatic heterocycles. The van der Waals surface area contributed by atoms with E-state index in [-0.39, 0.29) is 12.1 Å². The maximum atomic E-state index is 12.2. The summed E-state index contributed by atoms with van der Waals surface area (Å²) in [4.78, 5) is -0.632. The van der Waals surface area contributed by atoms with Crippen molar-refractivity contribution in [3.05, 3.63) is 23.3 Å². The Balaban J connectivity index is 3.55. The van der Waals surface area contributed by atoms with Gasteiger partial charge in [-0.1, -0.05) is 0 Å². The second-order valence-corrected chi connectivity index (χ2v) is 5.82. The zero-order valence-electron chi connectivity index (χ0n) is 9.03. The number of rotatable bonds is 3. The van der Waals surface area contributed by atoms with Crippen LogP contribution in [-0.2, 0) is 15.6 Å². The number of benzene rings is 1. The smallest absolute Gasteiger partial charge is 0.404 e. The molecule has 0 heterocycles. The molecular formula is C9H6ClF3N2O3S. The van der Waals surface area contributed by atoms with E-state index in [0.29, 0.717) is 6.07 Å². The van der Waals surface area contributed by atoms with Crippen molar-refractivity contribution in [2.75, 3.05) is 0 Å². The van der Waals surface area contributed by atoms with E-state index in [1.807, 2.05) is 0 Å². The van der Waals surface area contributed by atoms with Crippen LogP contribution in [-0.4, -0.2) is 14.8 Å². The number of nitriles is 1. The first-order valence-corrected chi connectivity index (χ1v) is 6.87. The van der Waals surface area contributed by atoms with E-state index in [4.69, 9.17) is 21.7 Å². The average molecular weight is 315 g/mol. The molecule has 19 heavy (non-hydrogen) atoms. The summed E-state index contributed by atoms with van der Waals surface area (Å²) in [5.41, 5.74) is 4.63. The molecular weight excluding hydrogens is 309 g/mol. The molecule has 0 atom stereocenters. The Labute approximate surface area is 110 Å². The van der Waals surface area contributed by atoms with Crippen molar-refractivity contribution >= 4 is 19.7 Å². The van der Waals surface area contributed by atoms with Crippen molar-refractivity contribution < 1.29 is 26.3 Å². The van der Waals surface area contributed by atoms with Crippen LogP contribution in [0.5, 0.6) is 5.75 Å². The van der Waals surface area contributed by atoms with Crippen molar-refractivity contribution in [3.8, 4) is 11.8 Å². The number of ether oxygens (including phenoxy) is 1. The highest BCUT2D eigenvalue weighted by atomic mass is 35.7. The zero-order valence-corrected chi connectivity index (χ0v) is 10.6. The molecule has 0 aromatic heterocycles. The standard InChI is InChI=1S/C9H6ClF3N2O3S/c10-19(16,17)6-1-5(3-14)7(4-15)8(2-6)18-9(11,12)13/h1-2H,3,14H2. The number of alkyl halides is 3. The molecule has 0 saturated carbocycles. The number of nitrogens with two attached hydrogens (primary N) is 1. The molecule has 5 nitrogen and oxygen atoms in total. The average Bonchev–Trinajstić information content (AvgIpc) is 2.24. The summed E-state index contributed by atoms with van der Waals surface area (Å²) in [5.74, 6) is -0.961. The Kier molecular flexibility index (Phi) is 4.29. The van der Waals surface area contributed by atoms with Gasteiger partial charge >= 0.3 is 6.36 Å². The zero-order chi connectivity index (χ0) is 14.8. The van der Waals surface area contributed by atoms with Crippen molar-refractivity contribution in [2.45, 2.75) is 17.8 Å². The highest BCUT2D eigenvalue weighted by Gasteiger charge is 2.33. The SMILES string of the molecule is N#Cc1c(CN)cc(S(=O)(=O)Cl)cc1OC(F)(F)F. The highest BCUT2D eigenvalue weighted by molar-refractivity contribution is 8.13. The molecule has 1 rings (SSSR count). The predicted molar refractivity (Wildman–Crippen MR) is 58.8 cm³/mol. The lowest BCUT2D eigenvalue weighted by Crippen LogP contribution is -2.19. The maximum absolute atomic E-state index is 12.2. The van der Waals surface area contributed by atoms with Crippen LogP contribution in [0, 0.1) is 11.3 Å². The minimum atomic E-state index is -5.08. The fourth-order valence-corrected chi connectivity index (χ4v) is 2.08. The topological polar surface area (TPSA) is 93.2 Å². The number of halogens is 4. The molecule has 0 radical (unpaired) electrons. The van der Waals surface area contributed by atoms with Gasteiger partial charge in [0.2, 0.25) is 0 Å². The summed E-state index contributed by atoms with van der Waals surface area (Å²) in [7, 11) is 0.759. The minimum absolute atomic E-state index is 0.122. The fourth-order valence-electron chi connectivity index (χ4n) is 1.28. The van der Waals surface area contributed by atoms with Crippen LogP contribution in [0.2, 0.25) is 0 Å². The van der Waals surface area contributed by atoms with E-state index in [9.17, 15) is 21.6 Å². The molecule has 10 heteroatoms. The summed E-state index contributed by atoms with van der Waals surface area (Å²) in [5, 5.41) is 8.79. The molecule has 2 N–H and O–H groups in total. The molecule has 0 aliphatic carbocycles. The second-order valence-electron chi connectivity index (χ2n) is 3.26. The van der Waals surface area contributed by atoms with Gasteiger partial charge in [0.05, 0.1) is 10.5 Å². The first-order valence-electron chi connectivity index (χ1n) is 4.56. The third-order valence-corrected chi connectivity index (χ3v) is 3.33. The normalized spacial score (nSPS) is 12.0. The predicted octanol–water partition coefficient (Wildman–Crippen LogP) is 1.84. The van der Waals surface area contributed by atoms with Crippen LogP contribution < -0.4 is 10.5 Å². The van der Waals surface area contributed by atoms with Crippen LogP contribution in [0.4, 0.5) is 13.2 Å². The van der Waals surface area contributed by atoms with Gasteiger partial charge in [-0.2, -0.15) is 5.26 Å². The Morgan fingerprint density at radius 2 is 2.00 bits per heavy atom. The molecule has 0 unspecified atom stereocenters. The maximum Gasteiger partial charge on any atom is 0.573 e. The number of hydrogen-bond donors (Lipinski definition) is 1. The Bertz CT molecular complexity index is 637. The molecule has 0 bridgehead atoms. The molecule has 1 aromatic rings. The van der Waals surface area contributed by atoms with Crippen molar-refractivity contribution in [1.82, 2.24) is 0 Å². The minimum Gasteiger partial charge on any atom is -0.404 e. The lowest BCUT2D eigenvalue weighted by atomic mass is 10.1. The van der Waals surface area contributed by atoms with Crippen LogP contribution in [0.15, 0.2) is 17.0 Å². The van der Waals surface area contributed by atoms with Gasteiger partial charge in [0, 0.05) is 23.3 Å². The summed E-state index contributed by atoms with van der Waals surface area (Å²) in [6, 6.07) is 2.92. The van der Waals surface area contributed by atoms with Crippen molar-refractivity contribution in [1.29, 1.82) is 5.26 Å². The van der Waals surface area contributed by atoms with E-state index in [1.165, 1.54) is 6.07 Å². The van der Waals surface area contributed by atoms with Gasteiger partial charge in [-0.05, 0) is 11.6 Å². The van der Waals surface area contributed by atoms with Gasteiger partial charge in [0.15, 0.2) is 0 Å². The van der Waals surface area contributed by atoms with Crippen LogP contribution in [0.25, 0.3) is 0 Å². The van der Waals surface area contributed by atoms with E-state index in [1.54, 1.807) is 0 Å². The molecule has 0 fully saturated rings. The van der Waals surface area contributed by atoms with Crippen LogP contribution in [0.1, 0.15) is 11.1 Å². The third-order valence-electron chi connectivity index (χ3n) is 2.00. The van der Waals surface area contributed by atoms with E-state index in [2.05, 4.69) is 4.74 Å². The van der Waals surface area contributed by atoms with Gasteiger partial charge in [-0.15, -0.1) is 13.2 Å². The fraction of sp³-hybridized carbons (Fsp3) is 0.222. The van der Waals surface area contributed by atoms with Crippen molar-refractivity contribution in [3.63, 3.8) is 0 Å². The molecule has 0 spiro atoms. The van der Waals surface area contributed by atoms with Crippen LogP contribution >= 0.6 is 10.7 Å². The van der Waals surface area contributed by atoms with Crippen LogP contribution in [0.3, 0.4) is 0 Å². The third kappa shape index (κ3) is 3.99. The quantitative estimate of drug-likeness (QED) is 0.859. The highest BCUT2D eigenvalue weighted by Crippen LogP contribution is 2.32.